The first-order chi connectivity index (χ1) is 20.8. The van der Waals surface area contributed by atoms with Crippen LogP contribution >= 0.6 is 11.6 Å². The minimum Gasteiger partial charge on any atom is -0.482 e. The molecule has 2 amide bonds. The van der Waals surface area contributed by atoms with Gasteiger partial charge in [0, 0.05) is 13.1 Å². The molecule has 2 aliphatic rings. The van der Waals surface area contributed by atoms with Crippen molar-refractivity contribution in [2.24, 2.45) is 0 Å². The molecule has 0 bridgehead atoms. The molecule has 1 atom stereocenters. The fourth-order valence-corrected chi connectivity index (χ4v) is 7.00. The van der Waals surface area contributed by atoms with E-state index in [0.29, 0.717) is 36.6 Å². The summed E-state index contributed by atoms with van der Waals surface area (Å²) in [6, 6.07) is 28.0. The molecule has 0 aromatic heterocycles. The average molecular weight is 618 g/mol. The second-order valence-corrected chi connectivity index (χ2v) is 12.4. The number of benzene rings is 4. The van der Waals surface area contributed by atoms with Crippen LogP contribution in [0.15, 0.2) is 102 Å². The molecular formula is C32H28ClN3O6S. The Morgan fingerprint density at radius 3 is 2.44 bits per heavy atom. The summed E-state index contributed by atoms with van der Waals surface area (Å²) in [7, 11) is -3.84. The van der Waals surface area contributed by atoms with Gasteiger partial charge in [-0.15, -0.1) is 0 Å². The van der Waals surface area contributed by atoms with Gasteiger partial charge in [0.1, 0.15) is 11.5 Å². The summed E-state index contributed by atoms with van der Waals surface area (Å²) in [5, 5.41) is 2.92. The van der Waals surface area contributed by atoms with Gasteiger partial charge in [0.2, 0.25) is 0 Å². The highest BCUT2D eigenvalue weighted by atomic mass is 35.5. The van der Waals surface area contributed by atoms with E-state index in [9.17, 15) is 18.0 Å². The first-order valence-corrected chi connectivity index (χ1v) is 15.5. The number of carbonyl (C=O) groups excluding carboxylic acids is 2. The summed E-state index contributed by atoms with van der Waals surface area (Å²) < 4.78 is 39.8. The van der Waals surface area contributed by atoms with Crippen molar-refractivity contribution >= 4 is 44.8 Å². The normalized spacial score (nSPS) is 15.7. The summed E-state index contributed by atoms with van der Waals surface area (Å²) in [5.74, 6) is -0.205. The van der Waals surface area contributed by atoms with Crippen molar-refractivity contribution in [2.75, 3.05) is 28.9 Å². The van der Waals surface area contributed by atoms with Gasteiger partial charge < -0.3 is 19.7 Å². The molecule has 0 spiro atoms. The van der Waals surface area contributed by atoms with Crippen LogP contribution in [-0.2, 0) is 32.6 Å². The molecule has 43 heavy (non-hydrogen) atoms. The number of rotatable bonds is 8. The van der Waals surface area contributed by atoms with Crippen molar-refractivity contribution in [1.82, 2.24) is 5.32 Å². The lowest BCUT2D eigenvalue weighted by atomic mass is 10.1. The Morgan fingerprint density at radius 1 is 0.930 bits per heavy atom. The maximum absolute atomic E-state index is 13.4. The van der Waals surface area contributed by atoms with E-state index in [1.54, 1.807) is 36.4 Å². The van der Waals surface area contributed by atoms with E-state index < -0.39 is 28.6 Å². The van der Waals surface area contributed by atoms with Gasteiger partial charge in [0.15, 0.2) is 12.7 Å². The van der Waals surface area contributed by atoms with Crippen LogP contribution in [0, 0.1) is 0 Å². The quantitative estimate of drug-likeness (QED) is 0.310. The van der Waals surface area contributed by atoms with Gasteiger partial charge in [-0.25, -0.2) is 8.42 Å². The Bertz CT molecular complexity index is 1780. The Balaban J connectivity index is 1.13. The number of nitrogens with one attached hydrogen (secondary N) is 1. The molecule has 6 rings (SSSR count). The number of hydrogen-bond acceptors (Lipinski definition) is 6. The smallest absolute Gasteiger partial charge is 0.265 e. The highest BCUT2D eigenvalue weighted by Gasteiger charge is 2.34. The Morgan fingerprint density at radius 2 is 1.65 bits per heavy atom. The number of sulfonamides is 1. The van der Waals surface area contributed by atoms with Crippen LogP contribution in [0.2, 0.25) is 5.02 Å². The third-order valence-corrected chi connectivity index (χ3v) is 9.47. The third-order valence-electron chi connectivity index (χ3n) is 7.36. The number of amides is 2. The molecule has 0 saturated heterocycles. The second-order valence-electron chi connectivity index (χ2n) is 10.1. The average Bonchev–Trinajstić information content (AvgIpc) is 3.48. The van der Waals surface area contributed by atoms with Crippen LogP contribution in [0.4, 0.5) is 11.4 Å². The van der Waals surface area contributed by atoms with E-state index in [4.69, 9.17) is 21.1 Å². The van der Waals surface area contributed by atoms with Crippen molar-refractivity contribution in [3.8, 4) is 11.5 Å². The fraction of sp³-hybridized carbons (Fsp3) is 0.188. The van der Waals surface area contributed by atoms with E-state index in [1.807, 2.05) is 42.5 Å². The van der Waals surface area contributed by atoms with E-state index >= 15 is 0 Å². The SMILES string of the molecule is O=C(NCc1ccccc1)[C@H]1CN(C(=O)COc2ccc(S(=O)(=O)N3CCc4ccccc43)cc2Cl)c2ccccc2O1. The Kier molecular flexibility index (Phi) is 7.96. The zero-order valence-corrected chi connectivity index (χ0v) is 24.6. The minimum absolute atomic E-state index is 0.0119. The molecule has 0 saturated carbocycles. The van der Waals surface area contributed by atoms with Gasteiger partial charge >= 0.3 is 0 Å². The molecule has 0 aliphatic carbocycles. The lowest BCUT2D eigenvalue weighted by Crippen LogP contribution is -2.51. The zero-order valence-electron chi connectivity index (χ0n) is 23.0. The Labute approximate surface area is 254 Å². The van der Waals surface area contributed by atoms with Crippen molar-refractivity contribution < 1.29 is 27.5 Å². The predicted octanol–water partition coefficient (Wildman–Crippen LogP) is 4.58. The van der Waals surface area contributed by atoms with Crippen LogP contribution in [0.5, 0.6) is 11.5 Å². The lowest BCUT2D eigenvalue weighted by Gasteiger charge is -2.34. The summed E-state index contributed by atoms with van der Waals surface area (Å²) in [5.41, 5.74) is 3.08. The summed E-state index contributed by atoms with van der Waals surface area (Å²) in [4.78, 5) is 27.8. The van der Waals surface area contributed by atoms with E-state index in [1.165, 1.54) is 27.4 Å². The topological polar surface area (TPSA) is 105 Å². The Hall–Kier alpha value is -4.54. The zero-order chi connectivity index (χ0) is 30.0. The molecule has 4 aromatic rings. The van der Waals surface area contributed by atoms with Crippen molar-refractivity contribution in [1.29, 1.82) is 0 Å². The number of nitrogens with zero attached hydrogens (tertiary/aromatic N) is 2. The van der Waals surface area contributed by atoms with Crippen LogP contribution in [0.3, 0.4) is 0 Å². The first-order valence-electron chi connectivity index (χ1n) is 13.7. The monoisotopic (exact) mass is 617 g/mol. The molecule has 0 unspecified atom stereocenters. The molecule has 0 radical (unpaired) electrons. The number of hydrogen-bond donors (Lipinski definition) is 1. The number of para-hydroxylation sites is 3. The summed E-state index contributed by atoms with van der Waals surface area (Å²) in [6.45, 7) is 0.269. The van der Waals surface area contributed by atoms with Gasteiger partial charge in [-0.05, 0) is 53.9 Å². The van der Waals surface area contributed by atoms with Crippen LogP contribution in [-0.4, -0.2) is 46.0 Å². The molecule has 11 heteroatoms. The standard InChI is InChI=1S/C32H28ClN3O6S/c33-25-18-24(43(39,40)36-17-16-23-10-4-5-11-26(23)36)14-15-28(25)41-21-31(37)35-20-30(42-29-13-7-6-12-27(29)35)32(38)34-19-22-8-2-1-3-9-22/h1-15,18,30H,16-17,19-21H2,(H,34,38)/t30-/m1/s1. The maximum Gasteiger partial charge on any atom is 0.265 e. The van der Waals surface area contributed by atoms with Crippen molar-refractivity contribution in [2.45, 2.75) is 24.0 Å². The molecule has 9 nitrogen and oxygen atoms in total. The molecule has 4 aromatic carbocycles. The fourth-order valence-electron chi connectivity index (χ4n) is 5.17. The van der Waals surface area contributed by atoms with Gasteiger partial charge in [-0.3, -0.25) is 13.9 Å². The number of ether oxygens (including phenoxy) is 2. The van der Waals surface area contributed by atoms with Crippen LogP contribution in [0.1, 0.15) is 11.1 Å². The largest absolute Gasteiger partial charge is 0.482 e. The molecule has 0 fully saturated rings. The summed E-state index contributed by atoms with van der Waals surface area (Å²) in [6.07, 6.45) is -0.293. The highest BCUT2D eigenvalue weighted by Crippen LogP contribution is 2.36. The third kappa shape index (κ3) is 5.89. The van der Waals surface area contributed by atoms with Gasteiger partial charge in [-0.2, -0.15) is 0 Å². The van der Waals surface area contributed by atoms with E-state index in [0.717, 1.165) is 11.1 Å². The number of fused-ring (bicyclic) bond motifs is 2. The van der Waals surface area contributed by atoms with Crippen LogP contribution in [0.25, 0.3) is 0 Å². The molecule has 1 N–H and O–H groups in total. The first kappa shape index (κ1) is 28.6. The maximum atomic E-state index is 13.4. The van der Waals surface area contributed by atoms with Gasteiger partial charge in [0.05, 0.1) is 27.8 Å². The number of halogens is 1. The van der Waals surface area contributed by atoms with E-state index in [2.05, 4.69) is 5.32 Å². The predicted molar refractivity (Wildman–Crippen MR) is 163 cm³/mol. The molecule has 2 heterocycles. The van der Waals surface area contributed by atoms with Gasteiger partial charge in [-0.1, -0.05) is 72.3 Å². The second kappa shape index (κ2) is 12.0. The lowest BCUT2D eigenvalue weighted by molar-refractivity contribution is -0.128. The number of carbonyl (C=O) groups is 2. The number of anilines is 2. The summed E-state index contributed by atoms with van der Waals surface area (Å²) >= 11 is 6.44. The van der Waals surface area contributed by atoms with Crippen molar-refractivity contribution in [3.05, 3.63) is 113 Å². The van der Waals surface area contributed by atoms with Crippen molar-refractivity contribution in [3.63, 3.8) is 0 Å². The molecule has 220 valence electrons. The van der Waals surface area contributed by atoms with Gasteiger partial charge in [0.25, 0.3) is 21.8 Å². The highest BCUT2D eigenvalue weighted by molar-refractivity contribution is 7.92. The molecule has 2 aliphatic heterocycles. The minimum atomic E-state index is -3.84. The molecular weight excluding hydrogens is 590 g/mol. The van der Waals surface area contributed by atoms with E-state index in [-0.39, 0.29) is 28.1 Å². The van der Waals surface area contributed by atoms with Crippen LogP contribution < -0.4 is 24.0 Å².